The van der Waals surface area contributed by atoms with E-state index in [2.05, 4.69) is 16.0 Å². The maximum Gasteiger partial charge on any atom is 0.407 e. The molecule has 0 aliphatic heterocycles. The van der Waals surface area contributed by atoms with Crippen molar-refractivity contribution in [2.24, 2.45) is 11.8 Å². The number of nitrogens with zero attached hydrogens (tertiary/aromatic N) is 3. The molecule has 10 nitrogen and oxygen atoms in total. The fourth-order valence-electron chi connectivity index (χ4n) is 4.54. The predicted octanol–water partition coefficient (Wildman–Crippen LogP) is 3.15. The zero-order valence-corrected chi connectivity index (χ0v) is 21.2. The Morgan fingerprint density at radius 1 is 1.17 bits per heavy atom. The van der Waals surface area contributed by atoms with Crippen LogP contribution in [0.3, 0.4) is 0 Å². The molecule has 1 amide bonds. The van der Waals surface area contributed by atoms with E-state index < -0.39 is 30.3 Å². The number of aliphatic hydroxyl groups excluding tert-OH is 2. The first-order chi connectivity index (χ1) is 17.4. The molecule has 0 radical (unpaired) electrons. The quantitative estimate of drug-likeness (QED) is 0.292. The number of thiazole rings is 1. The van der Waals surface area contributed by atoms with Gasteiger partial charge in [0.15, 0.2) is 0 Å². The Balaban J connectivity index is 1.41. The number of hydrogen-bond donors (Lipinski definition) is 5. The highest BCUT2D eigenvalue weighted by atomic mass is 32.1. The summed E-state index contributed by atoms with van der Waals surface area (Å²) in [4.78, 5) is 26.0. The molecule has 2 heterocycles. The molecule has 2 saturated carbocycles. The zero-order valence-electron chi connectivity index (χ0n) is 20.4. The number of rotatable bonds is 9. The van der Waals surface area contributed by atoms with E-state index in [4.69, 9.17) is 19.7 Å². The number of hydrogen-bond acceptors (Lipinski definition) is 10. The number of anilines is 2. The smallest absolute Gasteiger partial charge is 0.407 e. The van der Waals surface area contributed by atoms with Crippen LogP contribution in [0.1, 0.15) is 31.9 Å². The average molecular weight is 513 g/mol. The maximum absolute atomic E-state index is 11.7. The fourth-order valence-corrected chi connectivity index (χ4v) is 5.60. The van der Waals surface area contributed by atoms with Gasteiger partial charge in [-0.15, -0.1) is 11.3 Å². The summed E-state index contributed by atoms with van der Waals surface area (Å²) in [5.41, 5.74) is 2.45. The Morgan fingerprint density at radius 3 is 2.72 bits per heavy atom. The van der Waals surface area contributed by atoms with E-state index in [1.54, 1.807) is 18.3 Å². The highest BCUT2D eigenvalue weighted by Crippen LogP contribution is 2.38. The van der Waals surface area contributed by atoms with Crippen LogP contribution in [0.2, 0.25) is 0 Å². The minimum absolute atomic E-state index is 0.0178. The predicted molar refractivity (Wildman–Crippen MR) is 139 cm³/mol. The molecule has 2 aliphatic rings. The van der Waals surface area contributed by atoms with Crippen molar-refractivity contribution in [3.05, 3.63) is 30.0 Å². The van der Waals surface area contributed by atoms with Crippen LogP contribution in [0.25, 0.3) is 20.8 Å². The largest absolute Gasteiger partial charge is 0.449 e. The Labute approximate surface area is 213 Å². The van der Waals surface area contributed by atoms with Gasteiger partial charge >= 0.3 is 6.09 Å². The molecule has 5 N–H and O–H groups in total. The van der Waals surface area contributed by atoms with Crippen molar-refractivity contribution in [3.8, 4) is 10.6 Å². The number of para-hydroxylation sites is 1. The normalized spacial score (nSPS) is 23.6. The highest BCUT2D eigenvalue weighted by Gasteiger charge is 2.42. The second-order valence-electron chi connectivity index (χ2n) is 9.52. The van der Waals surface area contributed by atoms with Crippen LogP contribution in [0.15, 0.2) is 24.3 Å². The Bertz CT molecular complexity index is 1200. The van der Waals surface area contributed by atoms with Gasteiger partial charge in [-0.25, -0.2) is 14.8 Å². The first-order valence-electron chi connectivity index (χ1n) is 12.4. The van der Waals surface area contributed by atoms with Crippen LogP contribution >= 0.6 is 11.3 Å². The molecule has 1 aromatic carbocycles. The van der Waals surface area contributed by atoms with E-state index in [9.17, 15) is 15.0 Å². The van der Waals surface area contributed by atoms with Crippen LogP contribution in [-0.4, -0.2) is 69.2 Å². The summed E-state index contributed by atoms with van der Waals surface area (Å²) < 4.78 is 6.28. The summed E-state index contributed by atoms with van der Waals surface area (Å²) in [6, 6.07) is 7.46. The molecule has 192 valence electrons. The third-order valence-electron chi connectivity index (χ3n) is 6.72. The number of carbonyl (C=O) groups excluding carboxylic acids is 1. The molecule has 0 bridgehead atoms. The third kappa shape index (κ3) is 5.37. The minimum Gasteiger partial charge on any atom is -0.449 e. The standard InChI is InChI=1S/C25H32N6O4S/c1-3-26-25(34)35-12-15-10-17(21(33)20(15)32)29-22-19(23-30-16-6-4-5-7-18(16)36-23)13(2)28-24(31-22)27-11-14-8-9-14/h4-7,14-15,17,20-21,32-33H,3,8-12H2,1-2H3,(H,26,34)(H2,27,28,29,31)/t15-,17-,20-,21+/m1/s1. The van der Waals surface area contributed by atoms with Gasteiger partial charge in [-0.3, -0.25) is 0 Å². The fraction of sp³-hybridized carbons (Fsp3) is 0.520. The second kappa shape index (κ2) is 10.5. The lowest BCUT2D eigenvalue weighted by atomic mass is 10.1. The van der Waals surface area contributed by atoms with Crippen LogP contribution in [0, 0.1) is 18.8 Å². The molecule has 5 rings (SSSR count). The van der Waals surface area contributed by atoms with E-state index in [0.29, 0.717) is 30.6 Å². The van der Waals surface area contributed by atoms with E-state index in [-0.39, 0.29) is 6.61 Å². The number of carbonyl (C=O) groups is 1. The number of benzene rings is 1. The van der Waals surface area contributed by atoms with Crippen molar-refractivity contribution in [1.29, 1.82) is 0 Å². The number of aliphatic hydroxyl groups is 2. The van der Waals surface area contributed by atoms with Gasteiger partial charge in [0.05, 0.1) is 40.2 Å². The van der Waals surface area contributed by atoms with Crippen LogP contribution < -0.4 is 16.0 Å². The molecule has 11 heteroatoms. The first-order valence-corrected chi connectivity index (χ1v) is 13.3. The monoisotopic (exact) mass is 512 g/mol. The van der Waals surface area contributed by atoms with Crippen molar-refractivity contribution in [2.75, 3.05) is 30.3 Å². The Morgan fingerprint density at radius 2 is 1.97 bits per heavy atom. The minimum atomic E-state index is -1.05. The Hall–Kier alpha value is -3.02. The second-order valence-corrected chi connectivity index (χ2v) is 10.6. The number of ether oxygens (including phenoxy) is 1. The van der Waals surface area contributed by atoms with Crippen molar-refractivity contribution >= 4 is 39.4 Å². The van der Waals surface area contributed by atoms with Gasteiger partial charge in [0.25, 0.3) is 0 Å². The molecule has 36 heavy (non-hydrogen) atoms. The number of fused-ring (bicyclic) bond motifs is 1. The third-order valence-corrected chi connectivity index (χ3v) is 7.77. The Kier molecular flexibility index (Phi) is 7.22. The summed E-state index contributed by atoms with van der Waals surface area (Å²) in [5.74, 6) is 1.34. The molecule has 0 spiro atoms. The maximum atomic E-state index is 11.7. The van der Waals surface area contributed by atoms with E-state index in [1.807, 2.05) is 31.2 Å². The summed E-state index contributed by atoms with van der Waals surface area (Å²) in [7, 11) is 0. The molecule has 2 fully saturated rings. The zero-order chi connectivity index (χ0) is 25.2. The molecule has 3 aromatic rings. The number of nitrogens with one attached hydrogen (secondary N) is 3. The van der Waals surface area contributed by atoms with Gasteiger partial charge in [0.1, 0.15) is 16.9 Å². The van der Waals surface area contributed by atoms with Gasteiger partial charge < -0.3 is 30.9 Å². The molecule has 0 unspecified atom stereocenters. The lowest BCUT2D eigenvalue weighted by Crippen LogP contribution is -2.36. The van der Waals surface area contributed by atoms with Gasteiger partial charge in [-0.05, 0) is 51.2 Å². The van der Waals surface area contributed by atoms with Crippen molar-refractivity contribution in [2.45, 2.75) is 51.4 Å². The van der Waals surface area contributed by atoms with Crippen molar-refractivity contribution in [3.63, 3.8) is 0 Å². The molecule has 0 saturated heterocycles. The number of amides is 1. The number of alkyl carbamates (subject to hydrolysis) is 1. The molecule has 2 aliphatic carbocycles. The molecule has 2 aromatic heterocycles. The summed E-state index contributed by atoms with van der Waals surface area (Å²) in [5, 5.41) is 31.5. The lowest BCUT2D eigenvalue weighted by molar-refractivity contribution is 0.00140. The molecular weight excluding hydrogens is 480 g/mol. The summed E-state index contributed by atoms with van der Waals surface area (Å²) in [6.45, 7) is 5.03. The van der Waals surface area contributed by atoms with Gasteiger partial charge in [0.2, 0.25) is 5.95 Å². The molecule has 4 atom stereocenters. The van der Waals surface area contributed by atoms with Gasteiger partial charge in [0, 0.05) is 19.0 Å². The van der Waals surface area contributed by atoms with E-state index in [1.165, 1.54) is 12.8 Å². The first kappa shape index (κ1) is 24.7. The topological polar surface area (TPSA) is 142 Å². The van der Waals surface area contributed by atoms with Crippen molar-refractivity contribution < 1.29 is 19.7 Å². The lowest BCUT2D eigenvalue weighted by Gasteiger charge is -2.21. The van der Waals surface area contributed by atoms with Gasteiger partial charge in [-0.1, -0.05) is 12.1 Å². The average Bonchev–Trinajstić information content (AvgIpc) is 3.53. The molecular formula is C25H32N6O4S. The number of aromatic nitrogens is 3. The summed E-state index contributed by atoms with van der Waals surface area (Å²) in [6.07, 6.45) is 0.230. The highest BCUT2D eigenvalue weighted by molar-refractivity contribution is 7.21. The van der Waals surface area contributed by atoms with E-state index >= 15 is 0 Å². The summed E-state index contributed by atoms with van der Waals surface area (Å²) >= 11 is 1.56. The number of aryl methyl sites for hydroxylation is 1. The SMILES string of the molecule is CCNC(=O)OC[C@H]1C[C@@H](Nc2nc(NCC3CC3)nc(C)c2-c2nc3ccccc3s2)[C@H](O)[C@@H]1O. The van der Waals surface area contributed by atoms with Crippen LogP contribution in [-0.2, 0) is 4.74 Å². The van der Waals surface area contributed by atoms with Crippen LogP contribution in [0.5, 0.6) is 0 Å². The van der Waals surface area contributed by atoms with Gasteiger partial charge in [-0.2, -0.15) is 4.98 Å². The van der Waals surface area contributed by atoms with Crippen LogP contribution in [0.4, 0.5) is 16.6 Å². The van der Waals surface area contributed by atoms with Crippen molar-refractivity contribution in [1.82, 2.24) is 20.3 Å². The van der Waals surface area contributed by atoms with E-state index in [0.717, 1.165) is 33.0 Å².